The van der Waals surface area contributed by atoms with Crippen LogP contribution in [-0.2, 0) is 16.4 Å². The SMILES string of the molecule is Cc1ccc(CN=C(NCC2CCS(=O)(=O)C2)NC2CCCCC2C)s1. The zero-order valence-electron chi connectivity index (χ0n) is 15.8. The van der Waals surface area contributed by atoms with E-state index >= 15 is 0 Å². The molecule has 2 fully saturated rings. The largest absolute Gasteiger partial charge is 0.356 e. The summed E-state index contributed by atoms with van der Waals surface area (Å²) >= 11 is 1.78. The molecule has 1 aromatic heterocycles. The predicted octanol–water partition coefficient (Wildman–Crippen LogP) is 3.11. The zero-order valence-corrected chi connectivity index (χ0v) is 17.5. The van der Waals surface area contributed by atoms with Gasteiger partial charge >= 0.3 is 0 Å². The molecule has 1 aromatic rings. The Morgan fingerprint density at radius 3 is 2.73 bits per heavy atom. The molecule has 7 heteroatoms. The summed E-state index contributed by atoms with van der Waals surface area (Å²) in [6.45, 7) is 5.76. The van der Waals surface area contributed by atoms with Gasteiger partial charge in [-0.15, -0.1) is 11.3 Å². The molecule has 1 saturated heterocycles. The number of hydrogen-bond donors (Lipinski definition) is 2. The highest BCUT2D eigenvalue weighted by Gasteiger charge is 2.28. The first kappa shape index (κ1) is 19.7. The molecule has 1 aliphatic carbocycles. The van der Waals surface area contributed by atoms with Gasteiger partial charge in [-0.3, -0.25) is 0 Å². The molecule has 5 nitrogen and oxygen atoms in total. The van der Waals surface area contributed by atoms with Gasteiger partial charge in [0.25, 0.3) is 0 Å². The lowest BCUT2D eigenvalue weighted by Gasteiger charge is -2.31. The van der Waals surface area contributed by atoms with Crippen LogP contribution in [0, 0.1) is 18.8 Å². The van der Waals surface area contributed by atoms with E-state index in [9.17, 15) is 8.42 Å². The highest BCUT2D eigenvalue weighted by molar-refractivity contribution is 7.91. The first-order valence-corrected chi connectivity index (χ1v) is 12.4. The van der Waals surface area contributed by atoms with Crippen LogP contribution in [0.3, 0.4) is 0 Å². The van der Waals surface area contributed by atoms with Crippen LogP contribution in [0.4, 0.5) is 0 Å². The summed E-state index contributed by atoms with van der Waals surface area (Å²) in [5.74, 6) is 2.30. The first-order valence-electron chi connectivity index (χ1n) is 9.72. The van der Waals surface area contributed by atoms with E-state index in [1.54, 1.807) is 11.3 Å². The summed E-state index contributed by atoms with van der Waals surface area (Å²) < 4.78 is 23.4. The number of hydrogen-bond acceptors (Lipinski definition) is 4. The van der Waals surface area contributed by atoms with Crippen molar-refractivity contribution in [3.8, 4) is 0 Å². The van der Waals surface area contributed by atoms with Gasteiger partial charge in [0.2, 0.25) is 0 Å². The number of aryl methyl sites for hydroxylation is 1. The van der Waals surface area contributed by atoms with Crippen molar-refractivity contribution in [2.75, 3.05) is 18.1 Å². The second-order valence-corrected chi connectivity index (χ2v) is 11.4. The second kappa shape index (κ2) is 8.74. The fourth-order valence-electron chi connectivity index (χ4n) is 3.86. The molecule has 1 aliphatic heterocycles. The molecular weight excluding hydrogens is 366 g/mol. The third kappa shape index (κ3) is 5.71. The van der Waals surface area contributed by atoms with Crippen LogP contribution >= 0.6 is 11.3 Å². The Hall–Kier alpha value is -1.08. The van der Waals surface area contributed by atoms with Gasteiger partial charge < -0.3 is 10.6 Å². The molecule has 26 heavy (non-hydrogen) atoms. The van der Waals surface area contributed by atoms with Gasteiger partial charge in [-0.2, -0.15) is 0 Å². The summed E-state index contributed by atoms with van der Waals surface area (Å²) in [4.78, 5) is 7.34. The fraction of sp³-hybridized carbons (Fsp3) is 0.737. The monoisotopic (exact) mass is 397 g/mol. The van der Waals surface area contributed by atoms with Crippen LogP contribution < -0.4 is 10.6 Å². The molecule has 3 unspecified atom stereocenters. The summed E-state index contributed by atoms with van der Waals surface area (Å²) in [5, 5.41) is 7.04. The minimum Gasteiger partial charge on any atom is -0.356 e. The number of rotatable bonds is 5. The molecule has 2 N–H and O–H groups in total. The van der Waals surface area contributed by atoms with Gasteiger partial charge in [-0.05, 0) is 50.2 Å². The fourth-order valence-corrected chi connectivity index (χ4v) is 6.54. The first-order chi connectivity index (χ1) is 12.4. The molecule has 146 valence electrons. The topological polar surface area (TPSA) is 70.6 Å². The maximum atomic E-state index is 11.7. The van der Waals surface area contributed by atoms with E-state index in [1.807, 2.05) is 0 Å². The van der Waals surface area contributed by atoms with Crippen molar-refractivity contribution >= 4 is 27.1 Å². The standard InChI is InChI=1S/C19H31N3O2S2/c1-14-5-3-4-6-18(14)22-19(21-12-17-8-7-15(2)25-17)20-11-16-9-10-26(23,24)13-16/h7-8,14,16,18H,3-6,9-13H2,1-2H3,(H2,20,21,22). The van der Waals surface area contributed by atoms with Crippen molar-refractivity contribution in [2.24, 2.45) is 16.8 Å². The van der Waals surface area contributed by atoms with Crippen LogP contribution in [0.5, 0.6) is 0 Å². The smallest absolute Gasteiger partial charge is 0.191 e. The van der Waals surface area contributed by atoms with Crippen molar-refractivity contribution in [2.45, 2.75) is 58.5 Å². The Bertz CT molecular complexity index is 727. The van der Waals surface area contributed by atoms with Gasteiger partial charge in [-0.25, -0.2) is 13.4 Å². The van der Waals surface area contributed by atoms with Crippen molar-refractivity contribution < 1.29 is 8.42 Å². The van der Waals surface area contributed by atoms with Crippen LogP contribution in [0.1, 0.15) is 48.8 Å². The highest BCUT2D eigenvalue weighted by atomic mass is 32.2. The molecule has 0 spiro atoms. The Labute approximate surface area is 161 Å². The second-order valence-electron chi connectivity index (χ2n) is 7.84. The number of thiophene rings is 1. The predicted molar refractivity (Wildman–Crippen MR) is 110 cm³/mol. The van der Waals surface area contributed by atoms with Gasteiger partial charge in [0.1, 0.15) is 0 Å². The molecule has 3 atom stereocenters. The summed E-state index contributed by atoms with van der Waals surface area (Å²) in [6, 6.07) is 4.71. The Morgan fingerprint density at radius 2 is 2.08 bits per heavy atom. The van der Waals surface area contributed by atoms with Crippen molar-refractivity contribution in [1.29, 1.82) is 0 Å². The van der Waals surface area contributed by atoms with Crippen LogP contribution in [0.25, 0.3) is 0 Å². The Balaban J connectivity index is 1.62. The number of sulfone groups is 1. The van der Waals surface area contributed by atoms with E-state index < -0.39 is 9.84 Å². The van der Waals surface area contributed by atoms with Gasteiger partial charge in [0.05, 0.1) is 18.1 Å². The quantitative estimate of drug-likeness (QED) is 0.592. The maximum Gasteiger partial charge on any atom is 0.191 e. The average Bonchev–Trinajstić information content (AvgIpc) is 3.17. The highest BCUT2D eigenvalue weighted by Crippen LogP contribution is 2.24. The van der Waals surface area contributed by atoms with Crippen molar-refractivity contribution in [3.63, 3.8) is 0 Å². The minimum absolute atomic E-state index is 0.194. The number of nitrogens with zero attached hydrogens (tertiary/aromatic N) is 1. The molecule has 2 heterocycles. The normalized spacial score (nSPS) is 28.8. The van der Waals surface area contributed by atoms with Gasteiger partial charge in [0.15, 0.2) is 15.8 Å². The third-order valence-electron chi connectivity index (χ3n) is 5.51. The Morgan fingerprint density at radius 1 is 1.27 bits per heavy atom. The van der Waals surface area contributed by atoms with Gasteiger partial charge in [-0.1, -0.05) is 19.8 Å². The number of aliphatic imine (C=N–C) groups is 1. The molecule has 2 aliphatic rings. The average molecular weight is 398 g/mol. The molecule has 1 saturated carbocycles. The maximum absolute atomic E-state index is 11.7. The molecular formula is C19H31N3O2S2. The lowest BCUT2D eigenvalue weighted by molar-refractivity contribution is 0.306. The molecule has 3 rings (SSSR count). The van der Waals surface area contributed by atoms with E-state index in [2.05, 4.69) is 36.6 Å². The van der Waals surface area contributed by atoms with Gasteiger partial charge in [0, 0.05) is 22.3 Å². The lowest BCUT2D eigenvalue weighted by atomic mass is 9.86. The molecule has 0 bridgehead atoms. The van der Waals surface area contributed by atoms with Crippen LogP contribution in [0.2, 0.25) is 0 Å². The van der Waals surface area contributed by atoms with Crippen molar-refractivity contribution in [1.82, 2.24) is 10.6 Å². The molecule has 0 amide bonds. The molecule has 0 aromatic carbocycles. The summed E-state index contributed by atoms with van der Waals surface area (Å²) in [7, 11) is -2.83. The van der Waals surface area contributed by atoms with E-state index in [1.165, 1.54) is 35.4 Å². The van der Waals surface area contributed by atoms with Crippen LogP contribution in [0.15, 0.2) is 17.1 Å². The van der Waals surface area contributed by atoms with E-state index in [-0.39, 0.29) is 5.92 Å². The lowest BCUT2D eigenvalue weighted by Crippen LogP contribution is -2.48. The third-order valence-corrected chi connectivity index (χ3v) is 8.33. The number of guanidine groups is 1. The Kier molecular flexibility index (Phi) is 6.61. The summed E-state index contributed by atoms with van der Waals surface area (Å²) in [6.07, 6.45) is 5.77. The summed E-state index contributed by atoms with van der Waals surface area (Å²) in [5.41, 5.74) is 0. The van der Waals surface area contributed by atoms with Crippen molar-refractivity contribution in [3.05, 3.63) is 21.9 Å². The zero-order chi connectivity index (χ0) is 18.6. The molecule has 0 radical (unpaired) electrons. The number of nitrogens with one attached hydrogen (secondary N) is 2. The minimum atomic E-state index is -2.83. The van der Waals surface area contributed by atoms with Crippen LogP contribution in [-0.4, -0.2) is 38.5 Å². The van der Waals surface area contributed by atoms with E-state index in [0.29, 0.717) is 36.6 Å². The van der Waals surface area contributed by atoms with E-state index in [4.69, 9.17) is 4.99 Å². The van der Waals surface area contributed by atoms with E-state index in [0.717, 1.165) is 12.4 Å².